The molecule has 1 aromatic carbocycles. The van der Waals surface area contributed by atoms with Crippen LogP contribution in [-0.2, 0) is 25.6 Å². The van der Waals surface area contributed by atoms with Crippen LogP contribution in [0.15, 0.2) is 30.3 Å². The number of benzene rings is 1. The molecule has 0 saturated carbocycles. The maximum atomic E-state index is 12.7. The average Bonchev–Trinajstić information content (AvgIpc) is 2.81. The monoisotopic (exact) mass is 478 g/mol. The highest BCUT2D eigenvalue weighted by Gasteiger charge is 2.26. The summed E-state index contributed by atoms with van der Waals surface area (Å²) < 4.78 is 0. The van der Waals surface area contributed by atoms with Crippen LogP contribution in [0.4, 0.5) is 0 Å². The zero-order valence-electron chi connectivity index (χ0n) is 19.5. The number of nitrogens with two attached hydrogens (primary N) is 3. The van der Waals surface area contributed by atoms with Gasteiger partial charge in [-0.2, -0.15) is 0 Å². The molecule has 11 heteroatoms. The van der Waals surface area contributed by atoms with E-state index in [1.54, 1.807) is 0 Å². The van der Waals surface area contributed by atoms with Crippen LogP contribution in [-0.4, -0.2) is 66.6 Å². The van der Waals surface area contributed by atoms with Gasteiger partial charge in [-0.3, -0.25) is 14.4 Å². The number of aliphatic carboxylic acids is 1. The maximum Gasteiger partial charge on any atom is 0.326 e. The summed E-state index contributed by atoms with van der Waals surface area (Å²) >= 11 is 0. The SMILES string of the molecule is NCCCCC(NC(=O)C(CCCCN)NC(=O)CNC(=O)C(N)Cc1ccccc1)C(=O)O. The van der Waals surface area contributed by atoms with E-state index in [4.69, 9.17) is 17.2 Å². The number of amides is 3. The van der Waals surface area contributed by atoms with Gasteiger partial charge in [0.2, 0.25) is 17.7 Å². The van der Waals surface area contributed by atoms with Gasteiger partial charge in [0, 0.05) is 0 Å². The third kappa shape index (κ3) is 11.7. The van der Waals surface area contributed by atoms with Gasteiger partial charge < -0.3 is 38.3 Å². The van der Waals surface area contributed by atoms with Crippen LogP contribution < -0.4 is 33.2 Å². The first-order valence-corrected chi connectivity index (χ1v) is 11.6. The lowest BCUT2D eigenvalue weighted by atomic mass is 10.1. The first-order chi connectivity index (χ1) is 16.3. The Hall–Kier alpha value is -3.02. The second-order valence-corrected chi connectivity index (χ2v) is 8.10. The van der Waals surface area contributed by atoms with E-state index in [0.717, 1.165) is 5.56 Å². The molecule has 1 rings (SSSR count). The van der Waals surface area contributed by atoms with E-state index < -0.39 is 41.8 Å². The van der Waals surface area contributed by atoms with Crippen molar-refractivity contribution in [3.05, 3.63) is 35.9 Å². The van der Waals surface area contributed by atoms with Crippen molar-refractivity contribution in [3.63, 3.8) is 0 Å². The minimum atomic E-state index is -1.16. The molecule has 190 valence electrons. The number of carboxylic acid groups (broad SMARTS) is 1. The molecule has 0 aliphatic rings. The van der Waals surface area contributed by atoms with Gasteiger partial charge in [0.25, 0.3) is 0 Å². The minimum absolute atomic E-state index is 0.233. The number of nitrogens with one attached hydrogen (secondary N) is 3. The van der Waals surface area contributed by atoms with Gasteiger partial charge in [0.1, 0.15) is 12.1 Å². The van der Waals surface area contributed by atoms with Crippen molar-refractivity contribution in [2.24, 2.45) is 17.2 Å². The number of carboxylic acids is 1. The Labute approximate surface area is 200 Å². The van der Waals surface area contributed by atoms with Crippen LogP contribution in [0.1, 0.15) is 44.1 Å². The number of carbonyl (C=O) groups excluding carboxylic acids is 3. The van der Waals surface area contributed by atoms with E-state index in [9.17, 15) is 24.3 Å². The van der Waals surface area contributed by atoms with Gasteiger partial charge >= 0.3 is 5.97 Å². The molecule has 3 unspecified atom stereocenters. The molecule has 3 amide bonds. The molecule has 10 N–H and O–H groups in total. The van der Waals surface area contributed by atoms with E-state index in [-0.39, 0.29) is 19.4 Å². The van der Waals surface area contributed by atoms with E-state index in [1.165, 1.54) is 0 Å². The smallest absolute Gasteiger partial charge is 0.326 e. The number of hydrogen-bond donors (Lipinski definition) is 7. The fourth-order valence-corrected chi connectivity index (χ4v) is 3.29. The molecule has 0 aromatic heterocycles. The van der Waals surface area contributed by atoms with Gasteiger partial charge in [-0.1, -0.05) is 30.3 Å². The number of hydrogen-bond acceptors (Lipinski definition) is 7. The number of carbonyl (C=O) groups is 4. The summed E-state index contributed by atoms with van der Waals surface area (Å²) in [6.07, 6.45) is 3.23. The van der Waals surface area contributed by atoms with Gasteiger partial charge in [0.05, 0.1) is 12.6 Å². The normalized spacial score (nSPS) is 13.4. The topological polar surface area (TPSA) is 203 Å². The summed E-state index contributed by atoms with van der Waals surface area (Å²) in [6, 6.07) is 6.39. The average molecular weight is 479 g/mol. The summed E-state index contributed by atoms with van der Waals surface area (Å²) in [6.45, 7) is 0.494. The molecule has 1 aromatic rings. The highest BCUT2D eigenvalue weighted by atomic mass is 16.4. The van der Waals surface area contributed by atoms with Crippen molar-refractivity contribution in [3.8, 4) is 0 Å². The zero-order chi connectivity index (χ0) is 25.3. The summed E-state index contributed by atoms with van der Waals surface area (Å²) in [7, 11) is 0. The van der Waals surface area contributed by atoms with Crippen LogP contribution in [0.25, 0.3) is 0 Å². The van der Waals surface area contributed by atoms with Crippen LogP contribution in [0.5, 0.6) is 0 Å². The Bertz CT molecular complexity index is 776. The van der Waals surface area contributed by atoms with Crippen molar-refractivity contribution < 1.29 is 24.3 Å². The van der Waals surface area contributed by atoms with Crippen LogP contribution >= 0.6 is 0 Å². The third-order valence-corrected chi connectivity index (χ3v) is 5.22. The first kappa shape index (κ1) is 29.0. The predicted octanol–water partition coefficient (Wildman–Crippen LogP) is -1.02. The highest BCUT2D eigenvalue weighted by Crippen LogP contribution is 2.05. The Balaban J connectivity index is 2.63. The van der Waals surface area contributed by atoms with Gasteiger partial charge in [0.15, 0.2) is 0 Å². The van der Waals surface area contributed by atoms with Crippen molar-refractivity contribution in [2.45, 2.75) is 63.1 Å². The lowest BCUT2D eigenvalue weighted by molar-refractivity contribution is -0.142. The molecule has 0 radical (unpaired) electrons. The van der Waals surface area contributed by atoms with Gasteiger partial charge in [-0.25, -0.2) is 4.79 Å². The van der Waals surface area contributed by atoms with Crippen molar-refractivity contribution in [1.82, 2.24) is 16.0 Å². The second kappa shape index (κ2) is 16.6. The number of rotatable bonds is 17. The van der Waals surface area contributed by atoms with Crippen LogP contribution in [0.3, 0.4) is 0 Å². The van der Waals surface area contributed by atoms with Crippen molar-refractivity contribution in [2.75, 3.05) is 19.6 Å². The molecule has 0 spiro atoms. The largest absolute Gasteiger partial charge is 0.480 e. The fourth-order valence-electron chi connectivity index (χ4n) is 3.29. The van der Waals surface area contributed by atoms with Gasteiger partial charge in [-0.05, 0) is 63.6 Å². The van der Waals surface area contributed by atoms with E-state index in [2.05, 4.69) is 16.0 Å². The molecule has 0 fully saturated rings. The van der Waals surface area contributed by atoms with E-state index in [1.807, 2.05) is 30.3 Å². The molecule has 3 atom stereocenters. The van der Waals surface area contributed by atoms with Crippen LogP contribution in [0, 0.1) is 0 Å². The molecule has 0 heterocycles. The van der Waals surface area contributed by atoms with Crippen molar-refractivity contribution in [1.29, 1.82) is 0 Å². The molecule has 11 nitrogen and oxygen atoms in total. The van der Waals surface area contributed by atoms with Crippen molar-refractivity contribution >= 4 is 23.7 Å². The molecule has 0 bridgehead atoms. The Morgan fingerprint density at radius 2 is 1.41 bits per heavy atom. The van der Waals surface area contributed by atoms with Crippen LogP contribution in [0.2, 0.25) is 0 Å². The molecule has 34 heavy (non-hydrogen) atoms. The molecular formula is C23H38N6O5. The lowest BCUT2D eigenvalue weighted by Crippen LogP contribution is -2.53. The van der Waals surface area contributed by atoms with Gasteiger partial charge in [-0.15, -0.1) is 0 Å². The highest BCUT2D eigenvalue weighted by molar-refractivity contribution is 5.92. The second-order valence-electron chi connectivity index (χ2n) is 8.10. The molecule has 0 aliphatic heterocycles. The summed E-state index contributed by atoms with van der Waals surface area (Å²) in [5.41, 5.74) is 17.8. The molecule has 0 aliphatic carbocycles. The minimum Gasteiger partial charge on any atom is -0.480 e. The lowest BCUT2D eigenvalue weighted by Gasteiger charge is -2.22. The maximum absolute atomic E-state index is 12.7. The first-order valence-electron chi connectivity index (χ1n) is 11.6. The van der Waals surface area contributed by atoms with E-state index >= 15 is 0 Å². The number of unbranched alkanes of at least 4 members (excludes halogenated alkanes) is 2. The zero-order valence-corrected chi connectivity index (χ0v) is 19.5. The Morgan fingerprint density at radius 1 is 0.824 bits per heavy atom. The quantitative estimate of drug-likeness (QED) is 0.138. The predicted molar refractivity (Wildman–Crippen MR) is 128 cm³/mol. The Morgan fingerprint density at radius 3 is 1.97 bits per heavy atom. The molecular weight excluding hydrogens is 440 g/mol. The van der Waals surface area contributed by atoms with E-state index in [0.29, 0.717) is 45.2 Å². The molecule has 0 saturated heterocycles. The standard InChI is InChI=1S/C23H38N6O5/c24-12-6-4-10-18(22(32)29-19(23(33)34)11-5-7-13-25)28-20(30)15-27-21(31)17(26)14-16-8-2-1-3-9-16/h1-3,8-9,17-19H,4-7,10-15,24-26H2,(H,27,31)(H,28,30)(H,29,32)(H,33,34). The summed E-state index contributed by atoms with van der Waals surface area (Å²) in [5, 5.41) is 16.9. The third-order valence-electron chi connectivity index (χ3n) is 5.22. The summed E-state index contributed by atoms with van der Waals surface area (Å²) in [5.74, 6) is -2.83. The summed E-state index contributed by atoms with van der Waals surface area (Å²) in [4.78, 5) is 48.9. The Kier molecular flexibility index (Phi) is 14.1. The fraction of sp³-hybridized carbons (Fsp3) is 0.565.